The fourth-order valence-electron chi connectivity index (χ4n) is 5.38. The standard InChI is InChI=1S/C27H35N3O3/c1-3-20-13-18(2)14-21(10-12-31)25(20)30-26-22-9-11-28-27(22)29-15-23(26)24(32)17-33-16-19-7-5-4-6-8-19/h4-9,11,15,18,20-21,25,31H,3,10,12-14,16-17H2,1-2H3,(H2,28,29,30)/t18?,20-,21+,25+/m0/s1. The number of aliphatic hydroxyl groups excluding tert-OH is 1. The molecule has 0 amide bonds. The zero-order chi connectivity index (χ0) is 23.2. The van der Waals surface area contributed by atoms with Gasteiger partial charge in [0.25, 0.3) is 0 Å². The van der Waals surface area contributed by atoms with Crippen LogP contribution < -0.4 is 5.32 Å². The highest BCUT2D eigenvalue weighted by atomic mass is 16.5. The molecule has 2 heterocycles. The number of hydrogen-bond donors (Lipinski definition) is 3. The third-order valence-corrected chi connectivity index (χ3v) is 6.99. The van der Waals surface area contributed by atoms with Gasteiger partial charge in [-0.05, 0) is 48.6 Å². The number of nitrogens with zero attached hydrogens (tertiary/aromatic N) is 1. The minimum absolute atomic E-state index is 0.000158. The fourth-order valence-corrected chi connectivity index (χ4v) is 5.38. The summed E-state index contributed by atoms with van der Waals surface area (Å²) in [4.78, 5) is 20.9. The molecule has 6 heteroatoms. The summed E-state index contributed by atoms with van der Waals surface area (Å²) in [5, 5.41) is 14.4. The second kappa shape index (κ2) is 10.9. The normalized spacial score (nSPS) is 23.0. The van der Waals surface area contributed by atoms with Crippen molar-refractivity contribution in [2.75, 3.05) is 18.5 Å². The fraction of sp³-hybridized carbons (Fsp3) is 0.481. The Morgan fingerprint density at radius 1 is 1.21 bits per heavy atom. The number of benzene rings is 1. The molecule has 1 fully saturated rings. The molecule has 1 aromatic carbocycles. The van der Waals surface area contributed by atoms with Crippen molar-refractivity contribution in [1.29, 1.82) is 0 Å². The van der Waals surface area contributed by atoms with Gasteiger partial charge in [0, 0.05) is 30.4 Å². The molecule has 1 unspecified atom stereocenters. The molecular formula is C27H35N3O3. The zero-order valence-corrected chi connectivity index (χ0v) is 19.6. The number of aromatic nitrogens is 2. The molecule has 0 aliphatic heterocycles. The summed E-state index contributed by atoms with van der Waals surface area (Å²) in [7, 11) is 0. The predicted octanol–water partition coefficient (Wildman–Crippen LogP) is 5.20. The van der Waals surface area contributed by atoms with Crippen LogP contribution in [0.1, 0.15) is 55.5 Å². The third-order valence-electron chi connectivity index (χ3n) is 6.99. The number of nitrogens with one attached hydrogen (secondary N) is 2. The van der Waals surface area contributed by atoms with Gasteiger partial charge in [-0.2, -0.15) is 0 Å². The Bertz CT molecular complexity index is 1050. The summed E-state index contributed by atoms with van der Waals surface area (Å²) < 4.78 is 5.74. The molecule has 176 valence electrons. The number of ether oxygens (including phenoxy) is 1. The van der Waals surface area contributed by atoms with Crippen LogP contribution in [-0.4, -0.2) is 40.1 Å². The van der Waals surface area contributed by atoms with Crippen LogP contribution in [0.3, 0.4) is 0 Å². The summed E-state index contributed by atoms with van der Waals surface area (Å²) in [5.41, 5.74) is 3.19. The molecule has 3 aromatic rings. The van der Waals surface area contributed by atoms with E-state index in [1.807, 2.05) is 42.6 Å². The van der Waals surface area contributed by atoms with E-state index in [1.165, 1.54) is 0 Å². The van der Waals surface area contributed by atoms with Crippen LogP contribution in [0.25, 0.3) is 11.0 Å². The van der Waals surface area contributed by atoms with Crippen LogP contribution in [0, 0.1) is 17.8 Å². The highest BCUT2D eigenvalue weighted by molar-refractivity contribution is 6.08. The van der Waals surface area contributed by atoms with Gasteiger partial charge in [0.05, 0.1) is 17.9 Å². The Hall–Kier alpha value is -2.70. The molecule has 4 rings (SSSR count). The molecule has 6 nitrogen and oxygen atoms in total. The molecule has 0 radical (unpaired) electrons. The van der Waals surface area contributed by atoms with Gasteiger partial charge in [0.15, 0.2) is 5.78 Å². The summed E-state index contributed by atoms with van der Waals surface area (Å²) in [6, 6.07) is 12.0. The van der Waals surface area contributed by atoms with E-state index in [9.17, 15) is 9.90 Å². The number of carbonyl (C=O) groups excluding carboxylic acids is 1. The van der Waals surface area contributed by atoms with E-state index >= 15 is 0 Å². The van der Waals surface area contributed by atoms with E-state index in [0.717, 1.165) is 48.0 Å². The number of rotatable bonds is 10. The number of pyridine rings is 1. The van der Waals surface area contributed by atoms with Crippen molar-refractivity contribution in [2.45, 2.75) is 52.2 Å². The van der Waals surface area contributed by atoms with E-state index in [2.05, 4.69) is 29.1 Å². The molecule has 33 heavy (non-hydrogen) atoms. The predicted molar refractivity (Wildman–Crippen MR) is 131 cm³/mol. The van der Waals surface area contributed by atoms with Crippen LogP contribution in [0.4, 0.5) is 5.69 Å². The number of aliphatic hydroxyl groups is 1. The van der Waals surface area contributed by atoms with Gasteiger partial charge in [0.2, 0.25) is 0 Å². The number of H-pyrrole nitrogens is 1. The molecule has 3 N–H and O–H groups in total. The summed E-state index contributed by atoms with van der Waals surface area (Å²) in [6.45, 7) is 5.11. The minimum atomic E-state index is -0.0834. The van der Waals surface area contributed by atoms with Crippen LogP contribution in [-0.2, 0) is 11.3 Å². The first kappa shape index (κ1) is 23.5. The van der Waals surface area contributed by atoms with Crippen molar-refractivity contribution in [2.24, 2.45) is 17.8 Å². The van der Waals surface area contributed by atoms with Crippen molar-refractivity contribution in [3.05, 3.63) is 59.9 Å². The Kier molecular flexibility index (Phi) is 7.78. The van der Waals surface area contributed by atoms with Gasteiger partial charge in [0.1, 0.15) is 12.3 Å². The highest BCUT2D eigenvalue weighted by Crippen LogP contribution is 2.40. The zero-order valence-electron chi connectivity index (χ0n) is 19.6. The SMILES string of the molecule is CC[C@H]1CC(C)C[C@@H](CCO)[C@@H]1Nc1c(C(=O)COCc2ccccc2)cnc2[nH]ccc12. The van der Waals surface area contributed by atoms with Gasteiger partial charge in [-0.25, -0.2) is 4.98 Å². The maximum Gasteiger partial charge on any atom is 0.192 e. The number of aromatic amines is 1. The minimum Gasteiger partial charge on any atom is -0.396 e. The summed E-state index contributed by atoms with van der Waals surface area (Å²) in [6.07, 6.45) is 7.58. The molecule has 1 aliphatic rings. The van der Waals surface area contributed by atoms with Crippen LogP contribution in [0.2, 0.25) is 0 Å². The maximum atomic E-state index is 13.2. The topological polar surface area (TPSA) is 87.2 Å². The Morgan fingerprint density at radius 2 is 2.00 bits per heavy atom. The van der Waals surface area contributed by atoms with E-state index in [1.54, 1.807) is 6.20 Å². The van der Waals surface area contributed by atoms with E-state index < -0.39 is 0 Å². The van der Waals surface area contributed by atoms with Gasteiger partial charge in [-0.1, -0.05) is 50.6 Å². The van der Waals surface area contributed by atoms with Crippen molar-refractivity contribution >= 4 is 22.5 Å². The average Bonchev–Trinajstić information content (AvgIpc) is 3.30. The second-order valence-corrected chi connectivity index (χ2v) is 9.38. The monoisotopic (exact) mass is 449 g/mol. The van der Waals surface area contributed by atoms with Gasteiger partial charge >= 0.3 is 0 Å². The largest absolute Gasteiger partial charge is 0.396 e. The van der Waals surface area contributed by atoms with Crippen LogP contribution >= 0.6 is 0 Å². The molecule has 0 spiro atoms. The lowest BCUT2D eigenvalue weighted by molar-refractivity contribution is 0.0726. The lowest BCUT2D eigenvalue weighted by Gasteiger charge is -2.42. The lowest BCUT2D eigenvalue weighted by Crippen LogP contribution is -2.42. The van der Waals surface area contributed by atoms with Crippen molar-refractivity contribution in [3.63, 3.8) is 0 Å². The summed E-state index contributed by atoms with van der Waals surface area (Å²) in [5.74, 6) is 1.41. The second-order valence-electron chi connectivity index (χ2n) is 9.38. The molecule has 0 bridgehead atoms. The average molecular weight is 450 g/mol. The number of carbonyl (C=O) groups is 1. The first-order valence-electron chi connectivity index (χ1n) is 12.1. The Balaban J connectivity index is 1.58. The number of anilines is 1. The first-order chi connectivity index (χ1) is 16.1. The van der Waals surface area contributed by atoms with Crippen LogP contribution in [0.15, 0.2) is 48.8 Å². The van der Waals surface area contributed by atoms with Gasteiger partial charge in [-0.3, -0.25) is 4.79 Å². The molecule has 4 atom stereocenters. The van der Waals surface area contributed by atoms with Crippen molar-refractivity contribution in [3.8, 4) is 0 Å². The highest BCUT2D eigenvalue weighted by Gasteiger charge is 2.36. The molecule has 0 saturated heterocycles. The number of hydrogen-bond acceptors (Lipinski definition) is 5. The lowest BCUT2D eigenvalue weighted by atomic mass is 9.70. The van der Waals surface area contributed by atoms with Crippen LogP contribution in [0.5, 0.6) is 0 Å². The van der Waals surface area contributed by atoms with Crippen molar-refractivity contribution in [1.82, 2.24) is 9.97 Å². The number of fused-ring (bicyclic) bond motifs is 1. The molecule has 1 aliphatic carbocycles. The number of ketones is 1. The van der Waals surface area contributed by atoms with E-state index in [4.69, 9.17) is 4.74 Å². The molecule has 2 aromatic heterocycles. The van der Waals surface area contributed by atoms with Gasteiger partial charge in [-0.15, -0.1) is 0 Å². The quantitative estimate of drug-likeness (QED) is 0.371. The Morgan fingerprint density at radius 3 is 2.76 bits per heavy atom. The van der Waals surface area contributed by atoms with Gasteiger partial charge < -0.3 is 20.1 Å². The van der Waals surface area contributed by atoms with Crippen molar-refractivity contribution < 1.29 is 14.6 Å². The number of Topliss-reactive ketones (excluding diaryl/α,β-unsaturated/α-hetero) is 1. The third kappa shape index (κ3) is 5.45. The molecule has 1 saturated carbocycles. The molecular weight excluding hydrogens is 414 g/mol. The summed E-state index contributed by atoms with van der Waals surface area (Å²) >= 11 is 0. The van der Waals surface area contributed by atoms with E-state index in [0.29, 0.717) is 29.9 Å². The van der Waals surface area contributed by atoms with E-state index in [-0.39, 0.29) is 25.0 Å². The maximum absolute atomic E-state index is 13.2. The Labute approximate surface area is 195 Å². The first-order valence-corrected chi connectivity index (χ1v) is 12.1. The smallest absolute Gasteiger partial charge is 0.192 e.